The van der Waals surface area contributed by atoms with Gasteiger partial charge in [-0.05, 0) is 11.6 Å². The van der Waals surface area contributed by atoms with Crippen molar-refractivity contribution >= 4 is 39.2 Å². The highest BCUT2D eigenvalue weighted by Gasteiger charge is 2.36. The molecule has 0 nitrogen and oxygen atoms in total. The van der Waals surface area contributed by atoms with Gasteiger partial charge >= 0.3 is 12.2 Å². The molecule has 1 rings (SSSR count). The number of benzene rings is 1. The summed E-state index contributed by atoms with van der Waals surface area (Å²) >= 11 is 17.3. The largest absolute Gasteiger partial charge is 0.416 e. The average molecular weight is 308 g/mol. The standard InChI is InChI=1S/C9H8Cl3F3Si/c1-6(16(10,11)12)7-3-2-4-8(5-7)9(13,14)15/h2-6H,1H3/t6-/m0/s1. The lowest BCUT2D eigenvalue weighted by molar-refractivity contribution is -0.137. The van der Waals surface area contributed by atoms with E-state index in [4.69, 9.17) is 33.2 Å². The predicted molar refractivity (Wildman–Crippen MR) is 63.2 cm³/mol. The predicted octanol–water partition coefficient (Wildman–Crippen LogP) is 5.00. The van der Waals surface area contributed by atoms with Crippen LogP contribution >= 0.6 is 33.2 Å². The summed E-state index contributed by atoms with van der Waals surface area (Å²) in [7, 11) is 0. The maximum absolute atomic E-state index is 12.4. The Bertz CT molecular complexity index is 373. The Kier molecular flexibility index (Phi) is 4.22. The third kappa shape index (κ3) is 3.55. The van der Waals surface area contributed by atoms with Crippen LogP contribution < -0.4 is 0 Å². The molecule has 0 saturated heterocycles. The van der Waals surface area contributed by atoms with E-state index in [9.17, 15) is 13.2 Å². The molecule has 0 heterocycles. The number of hydrogen-bond acceptors (Lipinski definition) is 0. The first-order valence-corrected chi connectivity index (χ1v) is 9.47. The Labute approximate surface area is 106 Å². The van der Waals surface area contributed by atoms with Crippen LogP contribution in [0.3, 0.4) is 0 Å². The maximum atomic E-state index is 12.4. The highest BCUT2D eigenvalue weighted by molar-refractivity contribution is 7.65. The first-order chi connectivity index (χ1) is 7.12. The number of halogens is 6. The van der Waals surface area contributed by atoms with Gasteiger partial charge in [0, 0.05) is 5.54 Å². The van der Waals surface area contributed by atoms with Crippen molar-refractivity contribution in [2.75, 3.05) is 0 Å². The monoisotopic (exact) mass is 306 g/mol. The fraction of sp³-hybridized carbons (Fsp3) is 0.333. The first-order valence-electron chi connectivity index (χ1n) is 4.36. The van der Waals surface area contributed by atoms with E-state index in [0.717, 1.165) is 12.1 Å². The minimum atomic E-state index is -4.37. The van der Waals surface area contributed by atoms with E-state index in [-0.39, 0.29) is 0 Å². The van der Waals surface area contributed by atoms with E-state index >= 15 is 0 Å². The van der Waals surface area contributed by atoms with Gasteiger partial charge in [-0.3, -0.25) is 0 Å². The van der Waals surface area contributed by atoms with E-state index in [2.05, 4.69) is 0 Å². The molecule has 0 radical (unpaired) electrons. The summed E-state index contributed by atoms with van der Waals surface area (Å²) in [4.78, 5) is 0. The molecule has 0 aliphatic rings. The summed E-state index contributed by atoms with van der Waals surface area (Å²) in [6.45, 7) is 1.62. The summed E-state index contributed by atoms with van der Waals surface area (Å²) in [5.74, 6) is 0. The van der Waals surface area contributed by atoms with Gasteiger partial charge in [-0.2, -0.15) is 13.2 Å². The summed E-state index contributed by atoms with van der Waals surface area (Å²) in [6, 6.07) is 1.84. The van der Waals surface area contributed by atoms with Crippen molar-refractivity contribution < 1.29 is 13.2 Å². The van der Waals surface area contributed by atoms with Gasteiger partial charge in [0.1, 0.15) is 0 Å². The van der Waals surface area contributed by atoms with Crippen LogP contribution in [0.25, 0.3) is 0 Å². The van der Waals surface area contributed by atoms with Crippen LogP contribution in [0.5, 0.6) is 0 Å². The third-order valence-electron chi connectivity index (χ3n) is 2.20. The van der Waals surface area contributed by atoms with Gasteiger partial charge in [-0.15, -0.1) is 33.2 Å². The van der Waals surface area contributed by atoms with Crippen LogP contribution in [0.2, 0.25) is 0 Å². The molecular weight excluding hydrogens is 300 g/mol. The molecular formula is C9H8Cl3F3Si. The molecule has 0 spiro atoms. The zero-order valence-corrected chi connectivity index (χ0v) is 11.4. The van der Waals surface area contributed by atoms with Crippen molar-refractivity contribution in [3.63, 3.8) is 0 Å². The van der Waals surface area contributed by atoms with Crippen molar-refractivity contribution in [3.05, 3.63) is 35.4 Å². The molecule has 0 saturated carbocycles. The molecule has 0 N–H and O–H groups in total. The van der Waals surface area contributed by atoms with E-state index in [1.165, 1.54) is 12.1 Å². The van der Waals surface area contributed by atoms with Gasteiger partial charge in [0.15, 0.2) is 0 Å². The summed E-state index contributed by atoms with van der Waals surface area (Å²) in [6.07, 6.45) is -4.37. The van der Waals surface area contributed by atoms with Gasteiger partial charge < -0.3 is 0 Å². The van der Waals surface area contributed by atoms with Crippen molar-refractivity contribution in [3.8, 4) is 0 Å². The van der Waals surface area contributed by atoms with E-state index in [1.54, 1.807) is 6.92 Å². The molecule has 1 atom stereocenters. The van der Waals surface area contributed by atoms with Crippen LogP contribution in [0, 0.1) is 0 Å². The SMILES string of the molecule is C[C@@H](c1cccc(C(F)(F)F)c1)[Si](Cl)(Cl)Cl. The van der Waals surface area contributed by atoms with Gasteiger partial charge in [-0.1, -0.05) is 25.1 Å². The Balaban J connectivity index is 3.09. The van der Waals surface area contributed by atoms with E-state index in [0.29, 0.717) is 5.56 Å². The van der Waals surface area contributed by atoms with Crippen LogP contribution in [0.15, 0.2) is 24.3 Å². The number of hydrogen-bond donors (Lipinski definition) is 0. The summed E-state index contributed by atoms with van der Waals surface area (Å²) < 4.78 is 37.3. The lowest BCUT2D eigenvalue weighted by Gasteiger charge is -2.19. The van der Waals surface area contributed by atoms with Crippen LogP contribution in [0.1, 0.15) is 23.6 Å². The molecule has 1 aromatic carbocycles. The molecule has 1 aromatic rings. The zero-order chi connectivity index (χ0) is 12.6. The molecule has 16 heavy (non-hydrogen) atoms. The van der Waals surface area contributed by atoms with Gasteiger partial charge in [0.25, 0.3) is 0 Å². The lowest BCUT2D eigenvalue weighted by atomic mass is 10.1. The van der Waals surface area contributed by atoms with Crippen LogP contribution in [-0.4, -0.2) is 6.00 Å². The molecule has 0 aliphatic heterocycles. The van der Waals surface area contributed by atoms with Crippen molar-refractivity contribution in [2.24, 2.45) is 0 Å². The Hall–Kier alpha value is 0.0969. The second-order valence-electron chi connectivity index (χ2n) is 3.39. The smallest absolute Gasteiger partial charge is 0.166 e. The minimum Gasteiger partial charge on any atom is -0.166 e. The van der Waals surface area contributed by atoms with Gasteiger partial charge in [-0.25, -0.2) is 0 Å². The highest BCUT2D eigenvalue weighted by atomic mass is 35.8. The van der Waals surface area contributed by atoms with E-state index in [1.807, 2.05) is 0 Å². The fourth-order valence-corrected chi connectivity index (χ4v) is 2.86. The molecule has 0 aliphatic carbocycles. The minimum absolute atomic E-state index is 0.404. The fourth-order valence-electron chi connectivity index (χ4n) is 1.17. The molecule has 0 unspecified atom stereocenters. The highest BCUT2D eigenvalue weighted by Crippen LogP contribution is 2.38. The lowest BCUT2D eigenvalue weighted by Crippen LogP contribution is -2.20. The third-order valence-corrected chi connectivity index (χ3v) is 6.47. The molecule has 0 amide bonds. The molecule has 7 heteroatoms. The molecule has 90 valence electrons. The van der Waals surface area contributed by atoms with Gasteiger partial charge in [0.05, 0.1) is 5.56 Å². The summed E-state index contributed by atoms with van der Waals surface area (Å²) in [5.41, 5.74) is -0.790. The second-order valence-corrected chi connectivity index (χ2v) is 12.4. The Morgan fingerprint density at radius 3 is 2.19 bits per heavy atom. The second kappa shape index (κ2) is 4.76. The number of alkyl halides is 3. The van der Waals surface area contributed by atoms with Crippen molar-refractivity contribution in [2.45, 2.75) is 18.6 Å². The van der Waals surface area contributed by atoms with Crippen molar-refractivity contribution in [1.29, 1.82) is 0 Å². The quantitative estimate of drug-likeness (QED) is 0.532. The Morgan fingerprint density at radius 2 is 1.75 bits per heavy atom. The first kappa shape index (κ1) is 14.2. The van der Waals surface area contributed by atoms with Gasteiger partial charge in [0.2, 0.25) is 0 Å². The molecule has 0 bridgehead atoms. The van der Waals surface area contributed by atoms with Crippen LogP contribution in [0.4, 0.5) is 13.2 Å². The zero-order valence-electron chi connectivity index (χ0n) is 8.15. The van der Waals surface area contributed by atoms with Crippen molar-refractivity contribution in [1.82, 2.24) is 0 Å². The molecule has 0 aromatic heterocycles. The molecule has 0 fully saturated rings. The topological polar surface area (TPSA) is 0 Å². The normalized spacial score (nSPS) is 14.9. The maximum Gasteiger partial charge on any atom is 0.416 e. The van der Waals surface area contributed by atoms with Crippen LogP contribution in [-0.2, 0) is 6.18 Å². The summed E-state index contributed by atoms with van der Waals surface area (Å²) in [5, 5.41) is 0. The number of rotatable bonds is 2. The Morgan fingerprint density at radius 1 is 1.19 bits per heavy atom. The van der Waals surface area contributed by atoms with E-state index < -0.39 is 23.3 Å². The average Bonchev–Trinajstić information content (AvgIpc) is 2.14.